The van der Waals surface area contributed by atoms with Crippen LogP contribution in [-0.4, -0.2) is 5.97 Å². The molecule has 0 amide bonds. The number of carboxylic acid groups (broad SMARTS) is 1. The number of hydrogen-bond donors (Lipinski definition) is 0. The van der Waals surface area contributed by atoms with Crippen LogP contribution in [0.15, 0.2) is 51.1 Å². The van der Waals surface area contributed by atoms with Crippen molar-refractivity contribution in [2.45, 2.75) is 21.6 Å². The third kappa shape index (κ3) is 5.55. The first-order chi connectivity index (χ1) is 14.8. The number of aliphatic carboxylic acids is 1. The number of benzene rings is 3. The van der Waals surface area contributed by atoms with Crippen molar-refractivity contribution in [3.8, 4) is 0 Å². The fraction of sp³-hybridized carbons (Fsp3) is 0.0500. The Morgan fingerprint density at radius 2 is 0.719 bits per heavy atom. The maximum atomic E-state index is 14.3. The van der Waals surface area contributed by atoms with Crippen molar-refractivity contribution in [3.63, 3.8) is 0 Å². The number of carbonyl (C=O) groups is 1. The van der Waals surface area contributed by atoms with E-state index in [0.717, 1.165) is 6.92 Å². The summed E-state index contributed by atoms with van der Waals surface area (Å²) in [6.07, 6.45) is 0. The lowest BCUT2D eigenvalue weighted by atomic mass is 10.3. The lowest BCUT2D eigenvalue weighted by molar-refractivity contribution is -0.302. The molecule has 32 heavy (non-hydrogen) atoms. The highest BCUT2D eigenvalue weighted by Gasteiger charge is 2.45. The van der Waals surface area contributed by atoms with Crippen LogP contribution >= 0.6 is 0 Å². The number of carbonyl (C=O) groups excluding carboxylic acids is 1. The maximum Gasteiger partial charge on any atom is 0.238 e. The highest BCUT2D eigenvalue weighted by molar-refractivity contribution is 7.97. The van der Waals surface area contributed by atoms with Crippen LogP contribution in [0.3, 0.4) is 0 Å². The zero-order valence-corrected chi connectivity index (χ0v) is 16.4. The monoisotopic (exact) mass is 484 g/mol. The van der Waals surface area contributed by atoms with E-state index in [9.17, 15) is 39.5 Å². The van der Waals surface area contributed by atoms with E-state index in [1.807, 2.05) is 0 Å². The Kier molecular flexibility index (Phi) is 7.83. The van der Waals surface area contributed by atoms with E-state index in [0.29, 0.717) is 0 Å². The van der Waals surface area contributed by atoms with Gasteiger partial charge in [-0.25, -0.2) is 39.5 Å². The van der Waals surface area contributed by atoms with E-state index in [2.05, 4.69) is 0 Å². The third-order valence-corrected chi connectivity index (χ3v) is 5.90. The van der Waals surface area contributed by atoms with E-state index < -0.39 is 83.9 Å². The van der Waals surface area contributed by atoms with Gasteiger partial charge in [0.25, 0.3) is 0 Å². The van der Waals surface area contributed by atoms with Crippen LogP contribution in [-0.2, 0) is 15.7 Å². The molecule has 0 bridgehead atoms. The first-order valence-electron chi connectivity index (χ1n) is 8.19. The van der Waals surface area contributed by atoms with Crippen molar-refractivity contribution in [1.82, 2.24) is 0 Å². The van der Waals surface area contributed by atoms with Gasteiger partial charge in [0.15, 0.2) is 34.9 Å². The van der Waals surface area contributed by atoms with E-state index in [1.165, 1.54) is 0 Å². The molecule has 3 rings (SSSR count). The smallest absolute Gasteiger partial charge is 0.238 e. The molecule has 0 atom stereocenters. The van der Waals surface area contributed by atoms with Crippen molar-refractivity contribution in [2.24, 2.45) is 0 Å². The van der Waals surface area contributed by atoms with Crippen LogP contribution in [0.5, 0.6) is 0 Å². The van der Waals surface area contributed by atoms with Gasteiger partial charge in [-0.05, 0) is 6.92 Å². The highest BCUT2D eigenvalue weighted by atomic mass is 32.2. The van der Waals surface area contributed by atoms with Gasteiger partial charge in [-0.1, -0.05) is 0 Å². The molecule has 0 aliphatic heterocycles. The summed E-state index contributed by atoms with van der Waals surface area (Å²) in [5.74, 6) is -15.5. The average molecular weight is 484 g/mol. The SMILES string of the molecule is CC(=O)[O-].Fc1cc(F)c([S+](c2c(F)cc(F)cc2F)c2c(F)cc(F)cc2F)c(F)c1. The van der Waals surface area contributed by atoms with E-state index in [-0.39, 0.29) is 36.4 Å². The zero-order valence-electron chi connectivity index (χ0n) is 15.6. The summed E-state index contributed by atoms with van der Waals surface area (Å²) < 4.78 is 126. The van der Waals surface area contributed by atoms with Gasteiger partial charge in [-0.15, -0.1) is 0 Å². The van der Waals surface area contributed by atoms with Gasteiger partial charge in [0.2, 0.25) is 14.7 Å². The molecule has 0 N–H and O–H groups in total. The molecule has 2 nitrogen and oxygen atoms in total. The molecule has 0 saturated carbocycles. The number of carboxylic acids is 1. The Morgan fingerprint density at radius 3 is 0.875 bits per heavy atom. The Labute approximate surface area is 177 Å². The lowest BCUT2D eigenvalue weighted by Crippen LogP contribution is -2.17. The first-order valence-corrected chi connectivity index (χ1v) is 9.41. The van der Waals surface area contributed by atoms with Crippen molar-refractivity contribution < 1.29 is 49.4 Å². The molecular formula is C20H9F9O2S. The normalized spacial score (nSPS) is 10.7. The molecule has 0 radical (unpaired) electrons. The molecule has 0 heterocycles. The van der Waals surface area contributed by atoms with Crippen LogP contribution in [0, 0.1) is 52.4 Å². The predicted octanol–water partition coefficient (Wildman–Crippen LogP) is 4.79. The molecule has 0 saturated heterocycles. The molecule has 3 aromatic rings. The molecular weight excluding hydrogens is 475 g/mol. The summed E-state index contributed by atoms with van der Waals surface area (Å²) in [6, 6.07) is 0.816. The minimum atomic E-state index is -2.86. The molecule has 0 spiro atoms. The number of halogens is 9. The number of hydrogen-bond acceptors (Lipinski definition) is 2. The topological polar surface area (TPSA) is 40.1 Å². The molecule has 170 valence electrons. The van der Waals surface area contributed by atoms with Gasteiger partial charge in [-0.3, -0.25) is 0 Å². The molecule has 0 aliphatic rings. The summed E-state index contributed by atoms with van der Waals surface area (Å²) >= 11 is 0. The van der Waals surface area contributed by atoms with E-state index >= 15 is 0 Å². The van der Waals surface area contributed by atoms with Gasteiger partial charge in [-0.2, -0.15) is 0 Å². The second-order valence-corrected chi connectivity index (χ2v) is 7.73. The van der Waals surface area contributed by atoms with Gasteiger partial charge in [0.1, 0.15) is 28.3 Å². The van der Waals surface area contributed by atoms with Gasteiger partial charge in [0, 0.05) is 42.4 Å². The Balaban J connectivity index is 0.000000837. The second kappa shape index (κ2) is 9.98. The van der Waals surface area contributed by atoms with E-state index in [1.54, 1.807) is 0 Å². The minimum Gasteiger partial charge on any atom is -0.550 e. The Bertz CT molecular complexity index is 974. The van der Waals surface area contributed by atoms with Gasteiger partial charge in [0.05, 0.1) is 0 Å². The first kappa shape index (κ1) is 25.1. The summed E-state index contributed by atoms with van der Waals surface area (Å²) in [6.45, 7) is 0.972. The summed E-state index contributed by atoms with van der Waals surface area (Å²) in [5, 5.41) is 8.89. The fourth-order valence-corrected chi connectivity index (χ4v) is 4.61. The van der Waals surface area contributed by atoms with E-state index in [4.69, 9.17) is 9.90 Å². The van der Waals surface area contributed by atoms with Crippen LogP contribution in [0.25, 0.3) is 0 Å². The van der Waals surface area contributed by atoms with Crippen molar-refractivity contribution in [2.75, 3.05) is 0 Å². The van der Waals surface area contributed by atoms with Crippen molar-refractivity contribution in [3.05, 3.63) is 88.8 Å². The standard InChI is InChI=1S/C18H6F9S.C2H4O2/c19-7-1-10(22)16(11(23)2-7)28(17-12(24)3-8(20)4-13(17)25)18-14(26)5-9(21)6-15(18)27;1-2(3)4/h1-6H;1H3,(H,3,4)/q+1;/p-1. The van der Waals surface area contributed by atoms with Crippen LogP contribution in [0.4, 0.5) is 39.5 Å². The molecule has 0 aliphatic carbocycles. The Morgan fingerprint density at radius 1 is 0.562 bits per heavy atom. The van der Waals surface area contributed by atoms with Crippen LogP contribution < -0.4 is 5.11 Å². The largest absolute Gasteiger partial charge is 0.550 e. The maximum absolute atomic E-state index is 14.3. The third-order valence-electron chi connectivity index (χ3n) is 3.50. The molecule has 3 aromatic carbocycles. The molecule has 12 heteroatoms. The van der Waals surface area contributed by atoms with Crippen molar-refractivity contribution in [1.29, 1.82) is 0 Å². The lowest BCUT2D eigenvalue weighted by Gasteiger charge is -2.12. The molecule has 0 fully saturated rings. The summed E-state index contributed by atoms with van der Waals surface area (Å²) in [4.78, 5) is 5.04. The van der Waals surface area contributed by atoms with Crippen LogP contribution in [0.1, 0.15) is 6.92 Å². The van der Waals surface area contributed by atoms with Gasteiger partial charge >= 0.3 is 0 Å². The minimum absolute atomic E-state index is 0.136. The molecule has 0 unspecified atom stereocenters. The Hall–Kier alpha value is -3.15. The highest BCUT2D eigenvalue weighted by Crippen LogP contribution is 2.40. The molecule has 0 aromatic heterocycles. The average Bonchev–Trinajstić information content (AvgIpc) is 2.58. The fourth-order valence-electron chi connectivity index (χ4n) is 2.48. The predicted molar refractivity (Wildman–Crippen MR) is 91.8 cm³/mol. The number of rotatable bonds is 3. The zero-order chi connectivity index (χ0) is 24.3. The second-order valence-electron chi connectivity index (χ2n) is 5.89. The van der Waals surface area contributed by atoms with Crippen LogP contribution in [0.2, 0.25) is 0 Å². The quantitative estimate of drug-likeness (QED) is 0.396. The summed E-state index contributed by atoms with van der Waals surface area (Å²) in [7, 11) is -2.86. The van der Waals surface area contributed by atoms with Gasteiger partial charge < -0.3 is 9.90 Å². The summed E-state index contributed by atoms with van der Waals surface area (Å²) in [5.41, 5.74) is 0. The van der Waals surface area contributed by atoms with Crippen molar-refractivity contribution >= 4 is 16.9 Å².